The van der Waals surface area contributed by atoms with E-state index in [4.69, 9.17) is 11.6 Å². The van der Waals surface area contributed by atoms with Gasteiger partial charge in [0.1, 0.15) is 5.82 Å². The Morgan fingerprint density at radius 2 is 2.15 bits per heavy atom. The number of halogens is 2. The molecular formula is C14H18ClFN2O2. The molecule has 1 aromatic carbocycles. The number of nitrogens with zero attached hydrogens (tertiary/aromatic N) is 1. The van der Waals surface area contributed by atoms with Crippen LogP contribution in [0.5, 0.6) is 0 Å². The minimum Gasteiger partial charge on any atom is -0.390 e. The number of carbonyl (C=O) groups is 1. The van der Waals surface area contributed by atoms with Gasteiger partial charge in [0.2, 0.25) is 5.91 Å². The monoisotopic (exact) mass is 300 g/mol. The molecule has 0 spiro atoms. The van der Waals surface area contributed by atoms with Crippen molar-refractivity contribution in [3.63, 3.8) is 0 Å². The molecule has 0 radical (unpaired) electrons. The Morgan fingerprint density at radius 3 is 2.75 bits per heavy atom. The van der Waals surface area contributed by atoms with Crippen molar-refractivity contribution in [2.45, 2.75) is 25.4 Å². The van der Waals surface area contributed by atoms with E-state index >= 15 is 0 Å². The summed E-state index contributed by atoms with van der Waals surface area (Å²) >= 11 is 5.66. The van der Waals surface area contributed by atoms with Crippen molar-refractivity contribution in [1.82, 2.24) is 4.90 Å². The number of anilines is 1. The van der Waals surface area contributed by atoms with Crippen LogP contribution in [0.25, 0.3) is 0 Å². The Bertz CT molecular complexity index is 498. The first kappa shape index (κ1) is 15.2. The lowest BCUT2D eigenvalue weighted by Gasteiger charge is -2.35. The zero-order valence-corrected chi connectivity index (χ0v) is 12.1. The van der Waals surface area contributed by atoms with Crippen molar-refractivity contribution in [3.05, 3.63) is 29.0 Å². The number of nitrogens with one attached hydrogen (secondary N) is 1. The molecule has 6 heteroatoms. The summed E-state index contributed by atoms with van der Waals surface area (Å²) in [6.07, 6.45) is 1.31. The first-order chi connectivity index (χ1) is 9.35. The molecule has 0 atom stereocenters. The number of piperidine rings is 1. The maximum Gasteiger partial charge on any atom is 0.238 e. The fraction of sp³-hybridized carbons (Fsp3) is 0.500. The molecule has 4 nitrogen and oxygen atoms in total. The number of amides is 1. The highest BCUT2D eigenvalue weighted by atomic mass is 35.5. The predicted octanol–water partition coefficient (Wildman–Crippen LogP) is 2.26. The van der Waals surface area contributed by atoms with Gasteiger partial charge in [0.25, 0.3) is 0 Å². The van der Waals surface area contributed by atoms with Crippen LogP contribution < -0.4 is 5.32 Å². The molecule has 20 heavy (non-hydrogen) atoms. The Balaban J connectivity index is 1.85. The topological polar surface area (TPSA) is 52.6 Å². The second kappa shape index (κ2) is 6.08. The highest BCUT2D eigenvalue weighted by molar-refractivity contribution is 6.31. The number of rotatable bonds is 3. The lowest BCUT2D eigenvalue weighted by Crippen LogP contribution is -2.45. The third-order valence-electron chi connectivity index (χ3n) is 3.50. The maximum atomic E-state index is 13.0. The summed E-state index contributed by atoms with van der Waals surface area (Å²) in [6, 6.07) is 4.08. The number of hydrogen-bond donors (Lipinski definition) is 2. The van der Waals surface area contributed by atoms with E-state index in [0.29, 0.717) is 31.6 Å². The molecule has 0 aromatic heterocycles. The van der Waals surface area contributed by atoms with Gasteiger partial charge < -0.3 is 10.4 Å². The van der Waals surface area contributed by atoms with Crippen LogP contribution in [0.4, 0.5) is 10.1 Å². The van der Waals surface area contributed by atoms with E-state index in [9.17, 15) is 14.3 Å². The molecule has 1 aliphatic heterocycles. The van der Waals surface area contributed by atoms with Crippen molar-refractivity contribution in [3.8, 4) is 0 Å². The van der Waals surface area contributed by atoms with Crippen LogP contribution in [0.3, 0.4) is 0 Å². The summed E-state index contributed by atoms with van der Waals surface area (Å²) in [7, 11) is 0. The Labute approximate surface area is 122 Å². The van der Waals surface area contributed by atoms with Crippen LogP contribution in [0.2, 0.25) is 5.02 Å². The molecular weight excluding hydrogens is 283 g/mol. The predicted molar refractivity (Wildman–Crippen MR) is 76.3 cm³/mol. The molecule has 0 unspecified atom stereocenters. The second-order valence-electron chi connectivity index (χ2n) is 5.45. The number of carbonyl (C=O) groups excluding carboxylic acids is 1. The van der Waals surface area contributed by atoms with E-state index in [1.807, 2.05) is 11.8 Å². The summed E-state index contributed by atoms with van der Waals surface area (Å²) in [5.41, 5.74) is -0.150. The van der Waals surface area contributed by atoms with Gasteiger partial charge in [-0.05, 0) is 38.0 Å². The third kappa shape index (κ3) is 4.16. The van der Waals surface area contributed by atoms with Gasteiger partial charge in [-0.3, -0.25) is 9.69 Å². The molecule has 0 bridgehead atoms. The fourth-order valence-corrected chi connectivity index (χ4v) is 2.35. The average molecular weight is 301 g/mol. The molecule has 0 saturated carbocycles. The van der Waals surface area contributed by atoms with Crippen molar-refractivity contribution in [1.29, 1.82) is 0 Å². The van der Waals surface area contributed by atoms with Gasteiger partial charge in [0.05, 0.1) is 17.2 Å². The van der Waals surface area contributed by atoms with Crippen LogP contribution in [0, 0.1) is 5.82 Å². The van der Waals surface area contributed by atoms with Crippen LogP contribution in [0.1, 0.15) is 19.8 Å². The summed E-state index contributed by atoms with van der Waals surface area (Å²) < 4.78 is 13.0. The standard InChI is InChI=1S/C14H18ClFN2O2/c1-14(20)4-6-18(7-5-14)9-13(19)17-10-2-3-12(16)11(15)8-10/h2-3,8,20H,4-7,9H2,1H3,(H,17,19). The summed E-state index contributed by atoms with van der Waals surface area (Å²) in [6.45, 7) is 3.44. The van der Waals surface area contributed by atoms with Gasteiger partial charge in [-0.1, -0.05) is 11.6 Å². The highest BCUT2D eigenvalue weighted by Crippen LogP contribution is 2.21. The van der Waals surface area contributed by atoms with Crippen LogP contribution >= 0.6 is 11.6 Å². The normalized spacial score (nSPS) is 18.8. The summed E-state index contributed by atoms with van der Waals surface area (Å²) in [5, 5.41) is 12.5. The zero-order valence-electron chi connectivity index (χ0n) is 11.3. The van der Waals surface area contributed by atoms with Gasteiger partial charge >= 0.3 is 0 Å². The van der Waals surface area contributed by atoms with Gasteiger partial charge in [0.15, 0.2) is 0 Å². The molecule has 1 aliphatic rings. The molecule has 1 fully saturated rings. The van der Waals surface area contributed by atoms with E-state index in [1.165, 1.54) is 18.2 Å². The smallest absolute Gasteiger partial charge is 0.238 e. The van der Waals surface area contributed by atoms with Crippen molar-refractivity contribution < 1.29 is 14.3 Å². The molecule has 2 rings (SSSR count). The summed E-state index contributed by atoms with van der Waals surface area (Å²) in [4.78, 5) is 13.9. The fourth-order valence-electron chi connectivity index (χ4n) is 2.17. The maximum absolute atomic E-state index is 13.0. The highest BCUT2D eigenvalue weighted by Gasteiger charge is 2.27. The van der Waals surface area contributed by atoms with E-state index in [2.05, 4.69) is 5.32 Å². The van der Waals surface area contributed by atoms with Gasteiger partial charge in [-0.15, -0.1) is 0 Å². The molecule has 110 valence electrons. The van der Waals surface area contributed by atoms with E-state index < -0.39 is 11.4 Å². The minimum atomic E-state index is -0.628. The Morgan fingerprint density at radius 1 is 1.50 bits per heavy atom. The van der Waals surface area contributed by atoms with E-state index in [-0.39, 0.29) is 17.5 Å². The Kier molecular flexibility index (Phi) is 4.62. The van der Waals surface area contributed by atoms with E-state index in [0.717, 1.165) is 0 Å². The molecule has 1 amide bonds. The minimum absolute atomic E-state index is 0.0168. The Hall–Kier alpha value is -1.17. The third-order valence-corrected chi connectivity index (χ3v) is 3.79. The van der Waals surface area contributed by atoms with E-state index in [1.54, 1.807) is 0 Å². The van der Waals surface area contributed by atoms with Gasteiger partial charge in [-0.25, -0.2) is 4.39 Å². The summed E-state index contributed by atoms with van der Waals surface area (Å²) in [5.74, 6) is -0.683. The molecule has 1 saturated heterocycles. The lowest BCUT2D eigenvalue weighted by molar-refractivity contribution is -0.118. The van der Waals surface area contributed by atoms with Crippen LogP contribution in [-0.2, 0) is 4.79 Å². The van der Waals surface area contributed by atoms with Crippen molar-refractivity contribution >= 4 is 23.2 Å². The largest absolute Gasteiger partial charge is 0.390 e. The molecule has 1 heterocycles. The number of benzene rings is 1. The number of hydrogen-bond acceptors (Lipinski definition) is 3. The zero-order chi connectivity index (χ0) is 14.8. The van der Waals surface area contributed by atoms with Gasteiger partial charge in [0, 0.05) is 18.8 Å². The number of likely N-dealkylation sites (tertiary alicyclic amines) is 1. The molecule has 1 aromatic rings. The average Bonchev–Trinajstić information content (AvgIpc) is 2.36. The molecule has 2 N–H and O–H groups in total. The lowest BCUT2D eigenvalue weighted by atomic mass is 9.94. The first-order valence-electron chi connectivity index (χ1n) is 6.55. The second-order valence-corrected chi connectivity index (χ2v) is 5.86. The van der Waals surface area contributed by atoms with Crippen LogP contribution in [-0.4, -0.2) is 41.1 Å². The SMILES string of the molecule is CC1(O)CCN(CC(=O)Nc2ccc(F)c(Cl)c2)CC1. The quantitative estimate of drug-likeness (QED) is 0.900. The number of aliphatic hydroxyl groups is 1. The van der Waals surface area contributed by atoms with Crippen LogP contribution in [0.15, 0.2) is 18.2 Å². The first-order valence-corrected chi connectivity index (χ1v) is 6.93. The van der Waals surface area contributed by atoms with Crippen molar-refractivity contribution in [2.24, 2.45) is 0 Å². The molecule has 0 aliphatic carbocycles. The van der Waals surface area contributed by atoms with Crippen molar-refractivity contribution in [2.75, 3.05) is 25.0 Å². The van der Waals surface area contributed by atoms with Gasteiger partial charge in [-0.2, -0.15) is 0 Å².